The van der Waals surface area contributed by atoms with Crippen LogP contribution < -0.4 is 4.90 Å². The number of rotatable bonds is 4. The van der Waals surface area contributed by atoms with Crippen molar-refractivity contribution in [3.63, 3.8) is 0 Å². The van der Waals surface area contributed by atoms with Gasteiger partial charge in [0.25, 0.3) is 0 Å². The molecule has 0 atom stereocenters. The van der Waals surface area contributed by atoms with E-state index in [4.69, 9.17) is 0 Å². The molecule has 0 aliphatic carbocycles. The van der Waals surface area contributed by atoms with Crippen LogP contribution in [0.15, 0.2) is 46.8 Å². The van der Waals surface area contributed by atoms with Crippen molar-refractivity contribution >= 4 is 45.6 Å². The number of hydrogen-bond donors (Lipinski definition) is 0. The van der Waals surface area contributed by atoms with E-state index in [0.29, 0.717) is 29.4 Å². The number of thiophene rings is 1. The molecule has 0 spiro atoms. The van der Waals surface area contributed by atoms with E-state index in [9.17, 15) is 18.0 Å². The smallest absolute Gasteiger partial charge is 0.322 e. The van der Waals surface area contributed by atoms with Crippen LogP contribution in [0, 0.1) is 0 Å². The summed E-state index contributed by atoms with van der Waals surface area (Å²) in [5, 5.41) is 1.81. The van der Waals surface area contributed by atoms with Gasteiger partial charge in [-0.3, -0.25) is 9.79 Å². The zero-order valence-electron chi connectivity index (χ0n) is 14.5. The van der Waals surface area contributed by atoms with E-state index in [0.717, 1.165) is 31.4 Å². The van der Waals surface area contributed by atoms with Gasteiger partial charge in [0.05, 0.1) is 17.0 Å². The van der Waals surface area contributed by atoms with Crippen LogP contribution in [0.2, 0.25) is 0 Å². The highest BCUT2D eigenvalue weighted by Crippen LogP contribution is 2.32. The Morgan fingerprint density at radius 3 is 2.67 bits per heavy atom. The zero-order valence-corrected chi connectivity index (χ0v) is 17.1. The monoisotopic (exact) mass is 460 g/mol. The van der Waals surface area contributed by atoms with Gasteiger partial charge in [-0.05, 0) is 42.5 Å². The average molecular weight is 461 g/mol. The zero-order chi connectivity index (χ0) is 18.6. The Hall–Kier alpha value is -1.67. The summed E-state index contributed by atoms with van der Waals surface area (Å²) in [4.78, 5) is 19.4. The molecule has 2 heterocycles. The van der Waals surface area contributed by atoms with Crippen molar-refractivity contribution in [1.29, 1.82) is 0 Å². The van der Waals surface area contributed by atoms with E-state index in [1.54, 1.807) is 23.1 Å². The SMILES string of the molecule is Br.O=C(CN(C1=NCCCCC1)c1cccc(C(F)(F)F)c1)c1cccs1. The van der Waals surface area contributed by atoms with Crippen molar-refractivity contribution in [2.45, 2.75) is 31.9 Å². The lowest BCUT2D eigenvalue weighted by molar-refractivity contribution is -0.137. The Morgan fingerprint density at radius 1 is 1.15 bits per heavy atom. The van der Waals surface area contributed by atoms with E-state index in [1.165, 1.54) is 17.4 Å². The molecular weight excluding hydrogens is 441 g/mol. The number of alkyl halides is 3. The third-order valence-corrected chi connectivity index (χ3v) is 5.16. The van der Waals surface area contributed by atoms with Gasteiger partial charge in [0.15, 0.2) is 5.78 Å². The predicted octanol–water partition coefficient (Wildman–Crippen LogP) is 6.01. The average Bonchev–Trinajstić information content (AvgIpc) is 3.02. The fourth-order valence-corrected chi connectivity index (χ4v) is 3.58. The van der Waals surface area contributed by atoms with E-state index >= 15 is 0 Å². The molecule has 0 saturated carbocycles. The molecule has 0 radical (unpaired) electrons. The van der Waals surface area contributed by atoms with Crippen molar-refractivity contribution in [2.24, 2.45) is 4.99 Å². The van der Waals surface area contributed by atoms with Gasteiger partial charge in [0, 0.05) is 18.7 Å². The number of benzene rings is 1. The molecule has 2 aromatic rings. The van der Waals surface area contributed by atoms with Gasteiger partial charge in [-0.25, -0.2) is 0 Å². The number of anilines is 1. The third kappa shape index (κ3) is 5.65. The van der Waals surface area contributed by atoms with Gasteiger partial charge in [-0.15, -0.1) is 28.3 Å². The standard InChI is InChI=1S/C19H19F3N2OS.BrH/c20-19(21,22)14-6-4-7-15(12-14)24(18-9-2-1-3-10-23-18)13-16(25)17-8-5-11-26-17;/h4-8,11-12H,1-3,9-10,13H2;1H. The van der Waals surface area contributed by atoms with Crippen LogP contribution in [0.1, 0.15) is 40.9 Å². The molecule has 3 rings (SSSR count). The fraction of sp³-hybridized carbons (Fsp3) is 0.368. The molecule has 0 saturated heterocycles. The van der Waals surface area contributed by atoms with Crippen LogP contribution in [-0.2, 0) is 6.18 Å². The minimum absolute atomic E-state index is 0. The molecule has 3 nitrogen and oxygen atoms in total. The first-order chi connectivity index (χ1) is 12.4. The molecule has 0 amide bonds. The highest BCUT2D eigenvalue weighted by Gasteiger charge is 2.31. The summed E-state index contributed by atoms with van der Waals surface area (Å²) in [6.45, 7) is 0.624. The molecule has 0 unspecified atom stereocenters. The second-order valence-electron chi connectivity index (χ2n) is 6.14. The van der Waals surface area contributed by atoms with Crippen LogP contribution >= 0.6 is 28.3 Å². The first-order valence-corrected chi connectivity index (χ1v) is 9.38. The lowest BCUT2D eigenvalue weighted by Crippen LogP contribution is -2.36. The van der Waals surface area contributed by atoms with Gasteiger partial charge >= 0.3 is 6.18 Å². The highest BCUT2D eigenvalue weighted by atomic mass is 79.9. The normalized spacial score (nSPS) is 14.7. The fourth-order valence-electron chi connectivity index (χ4n) is 2.92. The van der Waals surface area contributed by atoms with Gasteiger partial charge < -0.3 is 4.90 Å². The molecule has 1 aromatic heterocycles. The molecule has 1 aromatic carbocycles. The topological polar surface area (TPSA) is 32.7 Å². The summed E-state index contributed by atoms with van der Waals surface area (Å²) < 4.78 is 39.3. The maximum absolute atomic E-state index is 13.1. The van der Waals surface area contributed by atoms with Crippen LogP contribution in [-0.4, -0.2) is 24.7 Å². The summed E-state index contributed by atoms with van der Waals surface area (Å²) in [5.41, 5.74) is -0.372. The number of nitrogens with zero attached hydrogens (tertiary/aromatic N) is 2. The molecule has 0 fully saturated rings. The van der Waals surface area contributed by atoms with Crippen molar-refractivity contribution in [3.8, 4) is 0 Å². The number of Topliss-reactive ketones (excluding diaryl/α,β-unsaturated/α-hetero) is 1. The van der Waals surface area contributed by atoms with Gasteiger partial charge in [-0.1, -0.05) is 18.6 Å². The largest absolute Gasteiger partial charge is 0.416 e. The van der Waals surface area contributed by atoms with Crippen molar-refractivity contribution in [1.82, 2.24) is 0 Å². The minimum atomic E-state index is -4.43. The lowest BCUT2D eigenvalue weighted by Gasteiger charge is -2.26. The number of carbonyl (C=O) groups excluding carboxylic acids is 1. The quantitative estimate of drug-likeness (QED) is 0.523. The first-order valence-electron chi connectivity index (χ1n) is 8.50. The van der Waals surface area contributed by atoms with Crippen LogP contribution in [0.4, 0.5) is 18.9 Å². The number of amidine groups is 1. The summed E-state index contributed by atoms with van der Waals surface area (Å²) in [7, 11) is 0. The predicted molar refractivity (Wildman–Crippen MR) is 109 cm³/mol. The van der Waals surface area contributed by atoms with Crippen LogP contribution in [0.5, 0.6) is 0 Å². The van der Waals surface area contributed by atoms with Gasteiger partial charge in [0.1, 0.15) is 5.84 Å². The molecule has 8 heteroatoms. The number of ketones is 1. The summed E-state index contributed by atoms with van der Waals surface area (Å²) in [6, 6.07) is 8.62. The summed E-state index contributed by atoms with van der Waals surface area (Å²) in [6.07, 6.45) is -0.860. The number of carbonyl (C=O) groups is 1. The molecular formula is C19H20BrF3N2OS. The second kappa shape index (κ2) is 9.50. The molecule has 0 N–H and O–H groups in total. The van der Waals surface area contributed by atoms with E-state index in [1.807, 2.05) is 5.38 Å². The van der Waals surface area contributed by atoms with E-state index < -0.39 is 11.7 Å². The maximum Gasteiger partial charge on any atom is 0.416 e. The Balaban J connectivity index is 0.00000261. The number of aliphatic imine (C=N–C) groups is 1. The van der Waals surface area contributed by atoms with Crippen molar-refractivity contribution < 1.29 is 18.0 Å². The molecule has 1 aliphatic heterocycles. The third-order valence-electron chi connectivity index (χ3n) is 4.25. The van der Waals surface area contributed by atoms with Gasteiger partial charge in [0.2, 0.25) is 0 Å². The molecule has 0 bridgehead atoms. The highest BCUT2D eigenvalue weighted by molar-refractivity contribution is 8.93. The second-order valence-corrected chi connectivity index (χ2v) is 7.09. The number of halogens is 4. The molecule has 27 heavy (non-hydrogen) atoms. The van der Waals surface area contributed by atoms with E-state index in [-0.39, 0.29) is 29.3 Å². The summed E-state index contributed by atoms with van der Waals surface area (Å²) >= 11 is 1.33. The first kappa shape index (κ1) is 21.6. The van der Waals surface area contributed by atoms with Crippen LogP contribution in [0.25, 0.3) is 0 Å². The molecule has 146 valence electrons. The Bertz CT molecular complexity index is 791. The lowest BCUT2D eigenvalue weighted by atomic mass is 10.1. The maximum atomic E-state index is 13.1. The Kier molecular flexibility index (Phi) is 7.61. The van der Waals surface area contributed by atoms with Crippen molar-refractivity contribution in [2.75, 3.05) is 18.0 Å². The molecule has 1 aliphatic rings. The van der Waals surface area contributed by atoms with Gasteiger partial charge in [-0.2, -0.15) is 13.2 Å². The van der Waals surface area contributed by atoms with Crippen LogP contribution in [0.3, 0.4) is 0 Å². The Morgan fingerprint density at radius 2 is 1.96 bits per heavy atom. The van der Waals surface area contributed by atoms with E-state index in [2.05, 4.69) is 4.99 Å². The number of hydrogen-bond acceptors (Lipinski definition) is 4. The van der Waals surface area contributed by atoms with Crippen molar-refractivity contribution in [3.05, 3.63) is 52.2 Å². The Labute approximate surface area is 170 Å². The summed E-state index contributed by atoms with van der Waals surface area (Å²) in [5.74, 6) is 0.566. The minimum Gasteiger partial charge on any atom is -0.322 e.